The van der Waals surface area contributed by atoms with Gasteiger partial charge < -0.3 is 19.5 Å². The minimum Gasteiger partial charge on any atom is -0.460 e. The molecule has 9 nitrogen and oxygen atoms in total. The fourth-order valence-electron chi connectivity index (χ4n) is 3.23. The first-order valence-corrected chi connectivity index (χ1v) is 11.7. The summed E-state index contributed by atoms with van der Waals surface area (Å²) in [6.45, 7) is 13.8. The van der Waals surface area contributed by atoms with Gasteiger partial charge in [-0.05, 0) is 53.0 Å². The summed E-state index contributed by atoms with van der Waals surface area (Å²) in [6.07, 6.45) is -1.10. The van der Waals surface area contributed by atoms with Crippen molar-refractivity contribution in [1.82, 2.24) is 10.2 Å². The van der Waals surface area contributed by atoms with E-state index in [1.54, 1.807) is 55.4 Å². The number of hydrogen-bond acceptors (Lipinski definition) is 7. The topological polar surface area (TPSA) is 111 Å². The summed E-state index contributed by atoms with van der Waals surface area (Å²) in [5, 5.41) is 2.58. The van der Waals surface area contributed by atoms with Gasteiger partial charge in [0.15, 0.2) is 0 Å². The molecular formula is C26H40N2O7. The number of nitrogens with zero attached hydrogens (tertiary/aromatic N) is 1. The number of benzene rings is 1. The third-order valence-corrected chi connectivity index (χ3v) is 4.61. The van der Waals surface area contributed by atoms with Crippen LogP contribution in [0.3, 0.4) is 0 Å². The van der Waals surface area contributed by atoms with E-state index in [0.717, 1.165) is 5.56 Å². The highest BCUT2D eigenvalue weighted by atomic mass is 16.6. The summed E-state index contributed by atoms with van der Waals surface area (Å²) >= 11 is 0. The van der Waals surface area contributed by atoms with Crippen molar-refractivity contribution in [3.8, 4) is 0 Å². The van der Waals surface area contributed by atoms with Crippen molar-refractivity contribution in [2.45, 2.75) is 91.7 Å². The molecule has 1 aromatic rings. The number of hydrogen-bond donors (Lipinski definition) is 1. The lowest BCUT2D eigenvalue weighted by Gasteiger charge is -2.31. The Kier molecular flexibility index (Phi) is 10.7. The van der Waals surface area contributed by atoms with Crippen LogP contribution in [0.2, 0.25) is 0 Å². The van der Waals surface area contributed by atoms with Gasteiger partial charge in [0.2, 0.25) is 5.91 Å². The molecule has 0 saturated carbocycles. The fraction of sp³-hybridized carbons (Fsp3) is 0.615. The molecule has 35 heavy (non-hydrogen) atoms. The van der Waals surface area contributed by atoms with Gasteiger partial charge in [-0.15, -0.1) is 0 Å². The van der Waals surface area contributed by atoms with E-state index in [0.29, 0.717) is 0 Å². The van der Waals surface area contributed by atoms with Crippen molar-refractivity contribution in [2.24, 2.45) is 5.92 Å². The Balaban J connectivity index is 3.00. The van der Waals surface area contributed by atoms with Gasteiger partial charge in [0.05, 0.1) is 6.42 Å². The molecule has 2 atom stereocenters. The van der Waals surface area contributed by atoms with Crippen molar-refractivity contribution in [3.63, 3.8) is 0 Å². The smallest absolute Gasteiger partial charge is 0.410 e. The fourth-order valence-corrected chi connectivity index (χ4v) is 3.23. The number of likely N-dealkylation sites (N-methyl/N-ethyl adjacent to an activating group) is 1. The summed E-state index contributed by atoms with van der Waals surface area (Å²) in [4.78, 5) is 52.3. The molecule has 1 unspecified atom stereocenters. The van der Waals surface area contributed by atoms with E-state index in [2.05, 4.69) is 5.32 Å². The normalized spacial score (nSPS) is 13.4. The van der Waals surface area contributed by atoms with Crippen LogP contribution in [-0.2, 0) is 35.2 Å². The van der Waals surface area contributed by atoms with Gasteiger partial charge in [0.1, 0.15) is 29.9 Å². The lowest BCUT2D eigenvalue weighted by Crippen LogP contribution is -2.55. The maximum atomic E-state index is 13.2. The van der Waals surface area contributed by atoms with Gasteiger partial charge in [-0.1, -0.05) is 44.2 Å². The van der Waals surface area contributed by atoms with E-state index in [1.165, 1.54) is 11.9 Å². The van der Waals surface area contributed by atoms with Crippen LogP contribution in [0.15, 0.2) is 30.3 Å². The third-order valence-electron chi connectivity index (χ3n) is 4.61. The van der Waals surface area contributed by atoms with Gasteiger partial charge in [-0.25, -0.2) is 9.59 Å². The molecule has 0 fully saturated rings. The van der Waals surface area contributed by atoms with Crippen LogP contribution in [0.1, 0.15) is 67.4 Å². The molecule has 0 aromatic heterocycles. The Hall–Kier alpha value is -3.10. The second-order valence-electron chi connectivity index (χ2n) is 10.7. The van der Waals surface area contributed by atoms with Gasteiger partial charge in [0.25, 0.3) is 0 Å². The third kappa shape index (κ3) is 11.2. The molecule has 1 rings (SSSR count). The summed E-state index contributed by atoms with van der Waals surface area (Å²) in [6, 6.07) is 6.92. The first-order valence-electron chi connectivity index (χ1n) is 11.7. The van der Waals surface area contributed by atoms with Crippen molar-refractivity contribution in [2.75, 3.05) is 7.05 Å². The molecule has 0 bridgehead atoms. The maximum absolute atomic E-state index is 13.2. The van der Waals surface area contributed by atoms with Crippen LogP contribution in [0.25, 0.3) is 0 Å². The minimum absolute atomic E-state index is 0.0512. The van der Waals surface area contributed by atoms with Gasteiger partial charge in [0, 0.05) is 7.05 Å². The molecular weight excluding hydrogens is 452 g/mol. The van der Waals surface area contributed by atoms with Crippen molar-refractivity contribution in [3.05, 3.63) is 35.9 Å². The zero-order valence-electron chi connectivity index (χ0n) is 22.3. The SMILES string of the molecule is CC(C)C(C(=O)N[C@@H](CC(=O)OC(C)(C)C)C(=O)OC(C)(C)C)N(C)C(=O)OCc1ccccc1. The molecule has 0 heterocycles. The molecule has 0 aliphatic rings. The second-order valence-corrected chi connectivity index (χ2v) is 10.7. The van der Waals surface area contributed by atoms with E-state index in [-0.39, 0.29) is 12.5 Å². The van der Waals surface area contributed by atoms with Crippen LogP contribution in [0.4, 0.5) is 4.79 Å². The lowest BCUT2D eigenvalue weighted by molar-refractivity contribution is -0.165. The molecule has 0 saturated heterocycles. The van der Waals surface area contributed by atoms with Crippen LogP contribution in [0.5, 0.6) is 0 Å². The molecule has 196 valence electrons. The van der Waals surface area contributed by atoms with Crippen molar-refractivity contribution < 1.29 is 33.4 Å². The first kappa shape index (κ1) is 29.9. The Morgan fingerprint density at radius 1 is 0.914 bits per heavy atom. The second kappa shape index (κ2) is 12.6. The Bertz CT molecular complexity index is 870. The van der Waals surface area contributed by atoms with Crippen LogP contribution < -0.4 is 5.32 Å². The Morgan fingerprint density at radius 3 is 1.94 bits per heavy atom. The molecule has 2 amide bonds. The van der Waals surface area contributed by atoms with Crippen molar-refractivity contribution in [1.29, 1.82) is 0 Å². The van der Waals surface area contributed by atoms with Crippen LogP contribution >= 0.6 is 0 Å². The Morgan fingerprint density at radius 2 is 1.46 bits per heavy atom. The standard InChI is InChI=1S/C26H40N2O7/c1-17(2)21(28(9)24(32)33-16-18-13-11-10-12-14-18)22(30)27-19(23(31)35-26(6,7)8)15-20(29)34-25(3,4)5/h10-14,17,19,21H,15-16H2,1-9H3,(H,27,30)/t19-,21?/m0/s1. The van der Waals surface area contributed by atoms with Crippen LogP contribution in [-0.4, -0.2) is 59.2 Å². The monoisotopic (exact) mass is 492 g/mol. The summed E-state index contributed by atoms with van der Waals surface area (Å²) < 4.78 is 16.1. The Labute approximate surface area is 208 Å². The quantitative estimate of drug-likeness (QED) is 0.412. The van der Waals surface area contributed by atoms with E-state index in [4.69, 9.17) is 14.2 Å². The number of esters is 2. The number of amides is 2. The number of carbonyl (C=O) groups is 4. The molecule has 0 aliphatic heterocycles. The maximum Gasteiger partial charge on any atom is 0.410 e. The number of ether oxygens (including phenoxy) is 3. The summed E-state index contributed by atoms with van der Waals surface area (Å²) in [5.41, 5.74) is -0.783. The first-order chi connectivity index (χ1) is 16.0. The van der Waals surface area contributed by atoms with Gasteiger partial charge >= 0.3 is 18.0 Å². The molecule has 1 N–H and O–H groups in total. The highest BCUT2D eigenvalue weighted by molar-refractivity contribution is 5.91. The summed E-state index contributed by atoms with van der Waals surface area (Å²) in [5.74, 6) is -2.36. The minimum atomic E-state index is -1.29. The molecule has 1 aromatic carbocycles. The van der Waals surface area contributed by atoms with E-state index < -0.39 is 53.6 Å². The zero-order chi connectivity index (χ0) is 27.0. The average Bonchev–Trinajstić information content (AvgIpc) is 2.69. The predicted molar refractivity (Wildman–Crippen MR) is 131 cm³/mol. The molecule has 0 aliphatic carbocycles. The lowest BCUT2D eigenvalue weighted by atomic mass is 10.0. The number of carbonyl (C=O) groups excluding carboxylic acids is 4. The summed E-state index contributed by atoms with van der Waals surface area (Å²) in [7, 11) is 1.45. The number of rotatable bonds is 9. The largest absolute Gasteiger partial charge is 0.460 e. The van der Waals surface area contributed by atoms with E-state index in [9.17, 15) is 19.2 Å². The van der Waals surface area contributed by atoms with Gasteiger partial charge in [-0.3, -0.25) is 14.5 Å². The molecule has 0 spiro atoms. The van der Waals surface area contributed by atoms with E-state index >= 15 is 0 Å². The van der Waals surface area contributed by atoms with Crippen LogP contribution in [0, 0.1) is 5.92 Å². The average molecular weight is 493 g/mol. The molecule has 9 heteroatoms. The highest BCUT2D eigenvalue weighted by Crippen LogP contribution is 2.16. The predicted octanol–water partition coefficient (Wildman–Crippen LogP) is 3.84. The van der Waals surface area contributed by atoms with Crippen molar-refractivity contribution >= 4 is 23.9 Å². The zero-order valence-corrected chi connectivity index (χ0v) is 22.3. The van der Waals surface area contributed by atoms with Gasteiger partial charge in [-0.2, -0.15) is 0 Å². The van der Waals surface area contributed by atoms with E-state index in [1.807, 2.05) is 30.3 Å². The number of nitrogens with one attached hydrogen (secondary N) is 1. The molecule has 0 radical (unpaired) electrons. The highest BCUT2D eigenvalue weighted by Gasteiger charge is 2.36.